The highest BCUT2D eigenvalue weighted by Crippen LogP contribution is 2.11. The fraction of sp³-hybridized carbons (Fsp3) is 0.188. The lowest BCUT2D eigenvalue weighted by Crippen LogP contribution is -1.89. The van der Waals surface area contributed by atoms with Gasteiger partial charge in [0.1, 0.15) is 12.4 Å². The van der Waals surface area contributed by atoms with Crippen LogP contribution in [0.4, 0.5) is 0 Å². The van der Waals surface area contributed by atoms with Crippen molar-refractivity contribution in [2.75, 3.05) is 7.11 Å². The molecule has 2 aromatic rings. The van der Waals surface area contributed by atoms with E-state index in [2.05, 4.69) is 24.2 Å². The van der Waals surface area contributed by atoms with Gasteiger partial charge in [-0.1, -0.05) is 47.1 Å². The van der Waals surface area contributed by atoms with Gasteiger partial charge in [0.15, 0.2) is 0 Å². The number of ether oxygens (including phenoxy) is 1. The Bertz CT molecular complexity index is 564. The van der Waals surface area contributed by atoms with Crippen LogP contribution >= 0.6 is 0 Å². The van der Waals surface area contributed by atoms with E-state index in [9.17, 15) is 0 Å². The van der Waals surface area contributed by atoms with Crippen molar-refractivity contribution in [3.8, 4) is 5.75 Å². The highest BCUT2D eigenvalue weighted by molar-refractivity contribution is 5.79. The summed E-state index contributed by atoms with van der Waals surface area (Å²) < 4.78 is 5.14. The maximum Gasteiger partial charge on any atom is 0.142 e. The summed E-state index contributed by atoms with van der Waals surface area (Å²) in [5.74, 6) is 0.808. The van der Waals surface area contributed by atoms with Gasteiger partial charge in [0.2, 0.25) is 0 Å². The number of hydrogen-bond acceptors (Lipinski definition) is 3. The van der Waals surface area contributed by atoms with Gasteiger partial charge in [0.25, 0.3) is 0 Å². The molecule has 19 heavy (non-hydrogen) atoms. The van der Waals surface area contributed by atoms with Crippen LogP contribution in [0.25, 0.3) is 0 Å². The molecule has 0 N–H and O–H groups in total. The molecule has 0 amide bonds. The van der Waals surface area contributed by atoms with E-state index in [4.69, 9.17) is 9.57 Å². The molecule has 0 bridgehead atoms. The maximum absolute atomic E-state index is 5.28. The van der Waals surface area contributed by atoms with Crippen LogP contribution in [0.3, 0.4) is 0 Å². The van der Waals surface area contributed by atoms with Crippen LogP contribution in [0.5, 0.6) is 5.75 Å². The molecule has 0 aliphatic heterocycles. The van der Waals surface area contributed by atoms with Crippen molar-refractivity contribution in [3.63, 3.8) is 0 Å². The van der Waals surface area contributed by atoms with E-state index < -0.39 is 0 Å². The zero-order valence-electron chi connectivity index (χ0n) is 11.2. The average Bonchev–Trinajstić information content (AvgIpc) is 2.44. The Labute approximate surface area is 113 Å². The molecular weight excluding hydrogens is 238 g/mol. The molecule has 3 heteroatoms. The summed E-state index contributed by atoms with van der Waals surface area (Å²) in [6.07, 6.45) is 1.68. The minimum atomic E-state index is 0.474. The van der Waals surface area contributed by atoms with E-state index in [-0.39, 0.29) is 0 Å². The van der Waals surface area contributed by atoms with E-state index >= 15 is 0 Å². The number of nitrogens with zero attached hydrogens (tertiary/aromatic N) is 1. The van der Waals surface area contributed by atoms with Crippen LogP contribution in [0.15, 0.2) is 53.7 Å². The molecule has 2 rings (SSSR count). The van der Waals surface area contributed by atoms with Gasteiger partial charge in [0.05, 0.1) is 13.3 Å². The van der Waals surface area contributed by atoms with Crippen LogP contribution in [0.2, 0.25) is 0 Å². The SMILES string of the molecule is COc1cccc(C=NOCc2cccc(C)c2)c1. The second-order valence-electron chi connectivity index (χ2n) is 4.27. The third-order valence-electron chi connectivity index (χ3n) is 2.68. The molecule has 0 aliphatic carbocycles. The lowest BCUT2D eigenvalue weighted by Gasteiger charge is -2.01. The molecule has 0 saturated heterocycles. The first-order valence-electron chi connectivity index (χ1n) is 6.13. The first kappa shape index (κ1) is 13.1. The second-order valence-corrected chi connectivity index (χ2v) is 4.27. The lowest BCUT2D eigenvalue weighted by atomic mass is 10.1. The van der Waals surface area contributed by atoms with E-state index in [0.717, 1.165) is 16.9 Å². The van der Waals surface area contributed by atoms with E-state index in [1.54, 1.807) is 13.3 Å². The van der Waals surface area contributed by atoms with E-state index in [1.165, 1.54) is 5.56 Å². The second kappa shape index (κ2) is 6.59. The summed E-state index contributed by atoms with van der Waals surface area (Å²) in [5.41, 5.74) is 3.28. The zero-order chi connectivity index (χ0) is 13.5. The van der Waals surface area contributed by atoms with Gasteiger partial charge in [-0.15, -0.1) is 0 Å². The van der Waals surface area contributed by atoms with Crippen LogP contribution in [-0.2, 0) is 11.4 Å². The minimum Gasteiger partial charge on any atom is -0.497 e. The Kier molecular flexibility index (Phi) is 4.56. The van der Waals surface area contributed by atoms with E-state index in [1.807, 2.05) is 36.4 Å². The molecule has 0 heterocycles. The molecule has 0 fully saturated rings. The number of aryl methyl sites for hydroxylation is 1. The van der Waals surface area contributed by atoms with Crippen molar-refractivity contribution in [3.05, 3.63) is 65.2 Å². The Morgan fingerprint density at radius 2 is 1.95 bits per heavy atom. The van der Waals surface area contributed by atoms with Gasteiger partial charge in [-0.2, -0.15) is 0 Å². The van der Waals surface area contributed by atoms with Crippen molar-refractivity contribution in [1.29, 1.82) is 0 Å². The number of benzene rings is 2. The topological polar surface area (TPSA) is 30.8 Å². The molecule has 0 aliphatic rings. The van der Waals surface area contributed by atoms with Crippen LogP contribution in [0, 0.1) is 6.92 Å². The summed E-state index contributed by atoms with van der Waals surface area (Å²) >= 11 is 0. The Morgan fingerprint density at radius 3 is 2.74 bits per heavy atom. The summed E-state index contributed by atoms with van der Waals surface area (Å²) in [6, 6.07) is 15.8. The standard InChI is InChI=1S/C16H17NO2/c1-13-5-3-7-15(9-13)12-19-17-11-14-6-4-8-16(10-14)18-2/h3-11H,12H2,1-2H3. The first-order chi connectivity index (χ1) is 9.28. The fourth-order valence-corrected chi connectivity index (χ4v) is 1.73. The molecule has 98 valence electrons. The number of hydrogen-bond donors (Lipinski definition) is 0. The predicted molar refractivity (Wildman–Crippen MR) is 76.6 cm³/mol. The molecule has 2 aromatic carbocycles. The zero-order valence-corrected chi connectivity index (χ0v) is 11.2. The fourth-order valence-electron chi connectivity index (χ4n) is 1.73. The monoisotopic (exact) mass is 255 g/mol. The third kappa shape index (κ3) is 4.14. The Hall–Kier alpha value is -2.29. The van der Waals surface area contributed by atoms with Crippen molar-refractivity contribution in [2.24, 2.45) is 5.16 Å². The largest absolute Gasteiger partial charge is 0.497 e. The van der Waals surface area contributed by atoms with Gasteiger partial charge >= 0.3 is 0 Å². The molecule has 3 nitrogen and oxygen atoms in total. The molecule has 0 atom stereocenters. The van der Waals surface area contributed by atoms with Crippen LogP contribution in [-0.4, -0.2) is 13.3 Å². The first-order valence-corrected chi connectivity index (χ1v) is 6.13. The van der Waals surface area contributed by atoms with Gasteiger partial charge in [-0.3, -0.25) is 0 Å². The van der Waals surface area contributed by atoms with Crippen molar-refractivity contribution in [2.45, 2.75) is 13.5 Å². The predicted octanol–water partition coefficient (Wildman–Crippen LogP) is 3.55. The molecule has 0 unspecified atom stereocenters. The molecular formula is C16H17NO2. The smallest absolute Gasteiger partial charge is 0.142 e. The van der Waals surface area contributed by atoms with E-state index in [0.29, 0.717) is 6.61 Å². The number of rotatable bonds is 5. The van der Waals surface area contributed by atoms with Crippen molar-refractivity contribution >= 4 is 6.21 Å². The Balaban J connectivity index is 1.89. The van der Waals surface area contributed by atoms with Gasteiger partial charge in [0, 0.05) is 0 Å². The number of methoxy groups -OCH3 is 1. The maximum atomic E-state index is 5.28. The molecule has 0 saturated carbocycles. The molecule has 0 spiro atoms. The van der Waals surface area contributed by atoms with Crippen LogP contribution in [0.1, 0.15) is 16.7 Å². The van der Waals surface area contributed by atoms with Crippen molar-refractivity contribution in [1.82, 2.24) is 0 Å². The van der Waals surface area contributed by atoms with Gasteiger partial charge in [-0.05, 0) is 30.2 Å². The summed E-state index contributed by atoms with van der Waals surface area (Å²) in [7, 11) is 1.64. The highest BCUT2D eigenvalue weighted by Gasteiger charge is 1.94. The summed E-state index contributed by atoms with van der Waals surface area (Å²) in [5, 5.41) is 3.96. The highest BCUT2D eigenvalue weighted by atomic mass is 16.6. The molecule has 0 radical (unpaired) electrons. The van der Waals surface area contributed by atoms with Gasteiger partial charge < -0.3 is 9.57 Å². The average molecular weight is 255 g/mol. The minimum absolute atomic E-state index is 0.474. The normalized spacial score (nSPS) is 10.6. The van der Waals surface area contributed by atoms with Crippen LogP contribution < -0.4 is 4.74 Å². The third-order valence-corrected chi connectivity index (χ3v) is 2.68. The lowest BCUT2D eigenvalue weighted by molar-refractivity contribution is 0.132. The quantitative estimate of drug-likeness (QED) is 0.604. The number of oxime groups is 1. The summed E-state index contributed by atoms with van der Waals surface area (Å²) in [4.78, 5) is 5.28. The van der Waals surface area contributed by atoms with Crippen molar-refractivity contribution < 1.29 is 9.57 Å². The van der Waals surface area contributed by atoms with Gasteiger partial charge in [-0.25, -0.2) is 0 Å². The Morgan fingerprint density at radius 1 is 1.11 bits per heavy atom. The molecule has 0 aromatic heterocycles. The summed E-state index contributed by atoms with van der Waals surface area (Å²) in [6.45, 7) is 2.53.